The number of rotatable bonds is 3. The molecule has 0 radical (unpaired) electrons. The summed E-state index contributed by atoms with van der Waals surface area (Å²) >= 11 is 0. The van der Waals surface area contributed by atoms with Gasteiger partial charge in [-0.05, 0) is 30.9 Å². The lowest BCUT2D eigenvalue weighted by atomic mass is 9.88. The van der Waals surface area contributed by atoms with Crippen molar-refractivity contribution in [1.82, 2.24) is 9.38 Å². The molecule has 0 bridgehead atoms. The molecule has 2 heterocycles. The smallest absolute Gasteiger partial charge is 0.166 e. The third kappa shape index (κ3) is 2.78. The monoisotopic (exact) mass is 244 g/mol. The Morgan fingerprint density at radius 3 is 2.78 bits per heavy atom. The normalized spacial score (nSPS) is 12.0. The number of pyridine rings is 1. The molecule has 2 aromatic rings. The molecule has 18 heavy (non-hydrogen) atoms. The topological polar surface area (TPSA) is 34.4 Å². The number of Topliss-reactive ketones (excluding diaryl/α,β-unsaturated/α-hetero) is 1. The Morgan fingerprint density at radius 2 is 2.11 bits per heavy atom. The lowest BCUT2D eigenvalue weighted by Crippen LogP contribution is -2.10. The van der Waals surface area contributed by atoms with Gasteiger partial charge in [0, 0.05) is 18.8 Å². The number of carbonyl (C=O) groups is 1. The minimum Gasteiger partial charge on any atom is -0.306 e. The van der Waals surface area contributed by atoms with Gasteiger partial charge in [-0.15, -0.1) is 0 Å². The lowest BCUT2D eigenvalue weighted by molar-refractivity contribution is 0.0967. The Labute approximate surface area is 108 Å². The summed E-state index contributed by atoms with van der Waals surface area (Å²) in [6.07, 6.45) is 5.34. The molecule has 0 aromatic carbocycles. The number of nitrogens with zero attached hydrogens (tertiary/aromatic N) is 2. The number of ketones is 1. The Hall–Kier alpha value is -1.64. The first-order valence-electron chi connectivity index (χ1n) is 6.34. The molecule has 0 atom stereocenters. The van der Waals surface area contributed by atoms with Gasteiger partial charge in [-0.25, -0.2) is 4.98 Å². The number of hydrogen-bond acceptors (Lipinski definition) is 2. The van der Waals surface area contributed by atoms with Crippen molar-refractivity contribution in [3.8, 4) is 0 Å². The van der Waals surface area contributed by atoms with Crippen LogP contribution in [0.4, 0.5) is 0 Å². The van der Waals surface area contributed by atoms with Crippen LogP contribution in [0.25, 0.3) is 5.65 Å². The molecule has 3 heteroatoms. The van der Waals surface area contributed by atoms with E-state index in [-0.39, 0.29) is 11.2 Å². The zero-order valence-corrected chi connectivity index (χ0v) is 11.5. The predicted molar refractivity (Wildman–Crippen MR) is 72.9 cm³/mol. The standard InChI is InChI=1S/C15H20N2O/c1-11-10-17-9-5-6-12(14(17)16-11)13(18)7-8-15(2,3)4/h5-6,9-10H,7-8H2,1-4H3. The molecule has 0 spiro atoms. The molecule has 0 aliphatic carbocycles. The van der Waals surface area contributed by atoms with Crippen LogP contribution < -0.4 is 0 Å². The van der Waals surface area contributed by atoms with Crippen LogP contribution in [0.5, 0.6) is 0 Å². The first-order chi connectivity index (χ1) is 8.37. The molecule has 0 aliphatic heterocycles. The summed E-state index contributed by atoms with van der Waals surface area (Å²) in [4.78, 5) is 16.7. The van der Waals surface area contributed by atoms with Crippen molar-refractivity contribution in [3.05, 3.63) is 35.8 Å². The van der Waals surface area contributed by atoms with E-state index >= 15 is 0 Å². The third-order valence-corrected chi connectivity index (χ3v) is 3.01. The molecule has 0 amide bonds. The van der Waals surface area contributed by atoms with Crippen LogP contribution in [0.1, 0.15) is 49.7 Å². The SMILES string of the molecule is Cc1cn2cccc(C(=O)CCC(C)(C)C)c2n1. The van der Waals surface area contributed by atoms with Crippen LogP contribution in [-0.4, -0.2) is 15.2 Å². The highest BCUT2D eigenvalue weighted by atomic mass is 16.1. The van der Waals surface area contributed by atoms with E-state index in [4.69, 9.17) is 0 Å². The fourth-order valence-corrected chi connectivity index (χ4v) is 1.98. The van der Waals surface area contributed by atoms with E-state index in [1.165, 1.54) is 0 Å². The van der Waals surface area contributed by atoms with Crippen LogP contribution in [0.15, 0.2) is 24.5 Å². The molecule has 0 fully saturated rings. The minimum absolute atomic E-state index is 0.182. The van der Waals surface area contributed by atoms with E-state index < -0.39 is 0 Å². The predicted octanol–water partition coefficient (Wildman–Crippen LogP) is 3.65. The maximum absolute atomic E-state index is 12.3. The van der Waals surface area contributed by atoms with Crippen LogP contribution in [0, 0.1) is 12.3 Å². The lowest BCUT2D eigenvalue weighted by Gasteiger charge is -2.17. The van der Waals surface area contributed by atoms with Crippen LogP contribution in [0.3, 0.4) is 0 Å². The number of aryl methyl sites for hydroxylation is 1. The summed E-state index contributed by atoms with van der Waals surface area (Å²) in [5.41, 5.74) is 2.63. The molecule has 96 valence electrons. The van der Waals surface area contributed by atoms with Crippen molar-refractivity contribution in [3.63, 3.8) is 0 Å². The highest BCUT2D eigenvalue weighted by molar-refractivity contribution is 6.01. The van der Waals surface area contributed by atoms with Gasteiger partial charge >= 0.3 is 0 Å². The molecule has 0 saturated carbocycles. The fourth-order valence-electron chi connectivity index (χ4n) is 1.98. The summed E-state index contributed by atoms with van der Waals surface area (Å²) < 4.78 is 1.92. The largest absolute Gasteiger partial charge is 0.306 e. The van der Waals surface area contributed by atoms with Gasteiger partial charge < -0.3 is 4.40 Å². The van der Waals surface area contributed by atoms with Crippen molar-refractivity contribution < 1.29 is 4.79 Å². The quantitative estimate of drug-likeness (QED) is 0.772. The van der Waals surface area contributed by atoms with Crippen LogP contribution >= 0.6 is 0 Å². The minimum atomic E-state index is 0.182. The molecular formula is C15H20N2O. The fraction of sp³-hybridized carbons (Fsp3) is 0.467. The molecule has 0 aliphatic rings. The van der Waals surface area contributed by atoms with E-state index in [1.54, 1.807) is 0 Å². The second-order valence-electron chi connectivity index (χ2n) is 6.02. The van der Waals surface area contributed by atoms with Gasteiger partial charge in [0.25, 0.3) is 0 Å². The summed E-state index contributed by atoms with van der Waals surface area (Å²) in [6.45, 7) is 8.40. The summed E-state index contributed by atoms with van der Waals surface area (Å²) in [5.74, 6) is 0.182. The zero-order valence-electron chi connectivity index (χ0n) is 11.5. The van der Waals surface area contributed by atoms with Gasteiger partial charge in [0.2, 0.25) is 0 Å². The highest BCUT2D eigenvalue weighted by Crippen LogP contribution is 2.23. The van der Waals surface area contributed by atoms with E-state index in [1.807, 2.05) is 35.9 Å². The number of hydrogen-bond donors (Lipinski definition) is 0. The first-order valence-corrected chi connectivity index (χ1v) is 6.34. The van der Waals surface area contributed by atoms with Crippen molar-refractivity contribution in [2.45, 2.75) is 40.5 Å². The number of carbonyl (C=O) groups excluding carboxylic acids is 1. The van der Waals surface area contributed by atoms with E-state index in [0.29, 0.717) is 6.42 Å². The number of imidazole rings is 1. The Morgan fingerprint density at radius 1 is 1.39 bits per heavy atom. The Bertz CT molecular complexity index is 576. The van der Waals surface area contributed by atoms with E-state index in [0.717, 1.165) is 23.3 Å². The second-order valence-corrected chi connectivity index (χ2v) is 6.02. The third-order valence-electron chi connectivity index (χ3n) is 3.01. The zero-order chi connectivity index (χ0) is 13.3. The average Bonchev–Trinajstić information content (AvgIpc) is 2.64. The highest BCUT2D eigenvalue weighted by Gasteiger charge is 2.16. The van der Waals surface area contributed by atoms with Gasteiger partial charge in [0.1, 0.15) is 5.65 Å². The Balaban J connectivity index is 2.27. The number of fused-ring (bicyclic) bond motifs is 1. The van der Waals surface area contributed by atoms with Crippen molar-refractivity contribution in [2.24, 2.45) is 5.41 Å². The van der Waals surface area contributed by atoms with Gasteiger partial charge in [-0.1, -0.05) is 20.8 Å². The van der Waals surface area contributed by atoms with Gasteiger partial charge in [0.15, 0.2) is 5.78 Å². The van der Waals surface area contributed by atoms with Gasteiger partial charge in [-0.2, -0.15) is 0 Å². The second kappa shape index (κ2) is 4.56. The summed E-state index contributed by atoms with van der Waals surface area (Å²) in [6, 6.07) is 3.77. The molecule has 2 rings (SSSR count). The van der Waals surface area contributed by atoms with Gasteiger partial charge in [0.05, 0.1) is 11.3 Å². The molecule has 0 unspecified atom stereocenters. The van der Waals surface area contributed by atoms with Crippen LogP contribution in [-0.2, 0) is 0 Å². The van der Waals surface area contributed by atoms with E-state index in [9.17, 15) is 4.79 Å². The van der Waals surface area contributed by atoms with Crippen molar-refractivity contribution >= 4 is 11.4 Å². The summed E-state index contributed by atoms with van der Waals surface area (Å²) in [7, 11) is 0. The van der Waals surface area contributed by atoms with Crippen LogP contribution in [0.2, 0.25) is 0 Å². The van der Waals surface area contributed by atoms with Gasteiger partial charge in [-0.3, -0.25) is 4.79 Å². The summed E-state index contributed by atoms with van der Waals surface area (Å²) in [5, 5.41) is 0. The molecule has 0 saturated heterocycles. The average molecular weight is 244 g/mol. The molecular weight excluding hydrogens is 224 g/mol. The Kier molecular flexibility index (Phi) is 3.24. The maximum Gasteiger partial charge on any atom is 0.166 e. The van der Waals surface area contributed by atoms with Crippen molar-refractivity contribution in [1.29, 1.82) is 0 Å². The van der Waals surface area contributed by atoms with Crippen molar-refractivity contribution in [2.75, 3.05) is 0 Å². The molecule has 0 N–H and O–H groups in total. The molecule has 2 aromatic heterocycles. The number of aromatic nitrogens is 2. The van der Waals surface area contributed by atoms with E-state index in [2.05, 4.69) is 25.8 Å². The molecule has 3 nitrogen and oxygen atoms in total. The maximum atomic E-state index is 12.3. The first kappa shape index (κ1) is 12.8.